The van der Waals surface area contributed by atoms with Crippen LogP contribution in [0.25, 0.3) is 0 Å². The quantitative estimate of drug-likeness (QED) is 0.830. The highest BCUT2D eigenvalue weighted by atomic mass is 16.5. The largest absolute Gasteiger partial charge is 0.375 e. The summed E-state index contributed by atoms with van der Waals surface area (Å²) in [5.74, 6) is 0. The van der Waals surface area contributed by atoms with Crippen LogP contribution in [0.2, 0.25) is 0 Å². The van der Waals surface area contributed by atoms with Gasteiger partial charge in [0.1, 0.15) is 0 Å². The predicted octanol–water partition coefficient (Wildman–Crippen LogP) is 2.16. The molecule has 0 radical (unpaired) electrons. The van der Waals surface area contributed by atoms with Gasteiger partial charge in [-0.15, -0.1) is 0 Å². The monoisotopic (exact) mass is 252 g/mol. The van der Waals surface area contributed by atoms with E-state index in [2.05, 4.69) is 10.2 Å². The first-order valence-corrected chi connectivity index (χ1v) is 7.96. The molecular weight excluding hydrogens is 224 g/mol. The average molecular weight is 252 g/mol. The summed E-state index contributed by atoms with van der Waals surface area (Å²) < 4.78 is 5.98. The van der Waals surface area contributed by atoms with Crippen LogP contribution in [0.15, 0.2) is 0 Å². The van der Waals surface area contributed by atoms with Gasteiger partial charge in [0.05, 0.1) is 5.60 Å². The molecule has 3 aliphatic rings. The van der Waals surface area contributed by atoms with Crippen molar-refractivity contribution in [2.75, 3.05) is 32.8 Å². The van der Waals surface area contributed by atoms with Gasteiger partial charge >= 0.3 is 0 Å². The summed E-state index contributed by atoms with van der Waals surface area (Å²) >= 11 is 0. The SMILES string of the molecule is C1CCN(CCNC2CCOC3(CCC3)C2)CC1. The molecule has 2 heterocycles. The summed E-state index contributed by atoms with van der Waals surface area (Å²) in [7, 11) is 0. The first-order chi connectivity index (χ1) is 8.86. The molecule has 3 fully saturated rings. The third-order valence-corrected chi connectivity index (χ3v) is 5.07. The maximum atomic E-state index is 5.98. The molecule has 3 rings (SSSR count). The van der Waals surface area contributed by atoms with E-state index in [1.807, 2.05) is 0 Å². The minimum Gasteiger partial charge on any atom is -0.375 e. The van der Waals surface area contributed by atoms with E-state index < -0.39 is 0 Å². The van der Waals surface area contributed by atoms with E-state index in [4.69, 9.17) is 4.74 Å². The standard InChI is InChI=1S/C15H28N2O/c1-2-9-17(10-3-1)11-8-16-14-5-12-18-15(13-14)6-4-7-15/h14,16H,1-13H2. The zero-order chi connectivity index (χ0) is 12.3. The molecule has 1 spiro atoms. The Morgan fingerprint density at radius 2 is 1.94 bits per heavy atom. The molecule has 0 aromatic rings. The van der Waals surface area contributed by atoms with Crippen molar-refractivity contribution < 1.29 is 4.74 Å². The predicted molar refractivity (Wildman–Crippen MR) is 73.8 cm³/mol. The van der Waals surface area contributed by atoms with Gasteiger partial charge in [0.15, 0.2) is 0 Å². The van der Waals surface area contributed by atoms with Crippen molar-refractivity contribution in [1.82, 2.24) is 10.2 Å². The molecule has 0 aromatic carbocycles. The number of hydrogen-bond acceptors (Lipinski definition) is 3. The van der Waals surface area contributed by atoms with E-state index in [1.54, 1.807) is 0 Å². The van der Waals surface area contributed by atoms with Gasteiger partial charge in [-0.1, -0.05) is 6.42 Å². The maximum Gasteiger partial charge on any atom is 0.0697 e. The van der Waals surface area contributed by atoms with Gasteiger partial charge in [-0.05, 0) is 58.0 Å². The number of piperidine rings is 1. The second kappa shape index (κ2) is 5.89. The molecule has 1 saturated carbocycles. The second-order valence-corrected chi connectivity index (χ2v) is 6.43. The molecular formula is C15H28N2O. The van der Waals surface area contributed by atoms with Gasteiger partial charge in [0.2, 0.25) is 0 Å². The minimum atomic E-state index is 0.293. The van der Waals surface area contributed by atoms with E-state index in [9.17, 15) is 0 Å². The Balaban J connectivity index is 1.35. The van der Waals surface area contributed by atoms with Crippen LogP contribution in [0.1, 0.15) is 51.4 Å². The van der Waals surface area contributed by atoms with Gasteiger partial charge in [0.25, 0.3) is 0 Å². The highest BCUT2D eigenvalue weighted by Gasteiger charge is 2.42. The molecule has 1 aliphatic carbocycles. The van der Waals surface area contributed by atoms with Gasteiger partial charge in [-0.3, -0.25) is 0 Å². The van der Waals surface area contributed by atoms with Gasteiger partial charge in [-0.2, -0.15) is 0 Å². The number of rotatable bonds is 4. The van der Waals surface area contributed by atoms with E-state index in [0.29, 0.717) is 11.6 Å². The van der Waals surface area contributed by atoms with Crippen LogP contribution in [-0.4, -0.2) is 49.3 Å². The first kappa shape index (κ1) is 12.9. The van der Waals surface area contributed by atoms with Gasteiger partial charge in [-0.25, -0.2) is 0 Å². The molecule has 2 saturated heterocycles. The van der Waals surface area contributed by atoms with Crippen LogP contribution in [0.3, 0.4) is 0 Å². The first-order valence-electron chi connectivity index (χ1n) is 7.96. The molecule has 104 valence electrons. The third-order valence-electron chi connectivity index (χ3n) is 5.07. The van der Waals surface area contributed by atoms with E-state index in [-0.39, 0.29) is 0 Å². The molecule has 0 bridgehead atoms. The number of nitrogens with zero attached hydrogens (tertiary/aromatic N) is 1. The lowest BCUT2D eigenvalue weighted by Crippen LogP contribution is -2.51. The fourth-order valence-corrected chi connectivity index (χ4v) is 3.73. The van der Waals surface area contributed by atoms with E-state index in [0.717, 1.165) is 6.61 Å². The Morgan fingerprint density at radius 1 is 1.11 bits per heavy atom. The van der Waals surface area contributed by atoms with Crippen molar-refractivity contribution in [1.29, 1.82) is 0 Å². The maximum absolute atomic E-state index is 5.98. The molecule has 2 aliphatic heterocycles. The van der Waals surface area contributed by atoms with Gasteiger partial charge < -0.3 is 15.0 Å². The van der Waals surface area contributed by atoms with E-state index >= 15 is 0 Å². The topological polar surface area (TPSA) is 24.5 Å². The molecule has 1 N–H and O–H groups in total. The van der Waals surface area contributed by atoms with Crippen molar-refractivity contribution in [3.63, 3.8) is 0 Å². The number of hydrogen-bond donors (Lipinski definition) is 1. The summed E-state index contributed by atoms with van der Waals surface area (Å²) in [6, 6.07) is 0.712. The third kappa shape index (κ3) is 3.06. The smallest absolute Gasteiger partial charge is 0.0697 e. The fraction of sp³-hybridized carbons (Fsp3) is 1.00. The normalized spacial score (nSPS) is 32.3. The van der Waals surface area contributed by atoms with Gasteiger partial charge in [0, 0.05) is 25.7 Å². The minimum absolute atomic E-state index is 0.293. The lowest BCUT2D eigenvalue weighted by atomic mass is 9.74. The lowest BCUT2D eigenvalue weighted by Gasteiger charge is -2.47. The van der Waals surface area contributed by atoms with Crippen molar-refractivity contribution in [3.8, 4) is 0 Å². The Bertz CT molecular complexity index is 259. The van der Waals surface area contributed by atoms with Crippen LogP contribution >= 0.6 is 0 Å². The summed E-state index contributed by atoms with van der Waals surface area (Å²) in [5.41, 5.74) is 0.293. The molecule has 3 heteroatoms. The second-order valence-electron chi connectivity index (χ2n) is 6.43. The molecule has 18 heavy (non-hydrogen) atoms. The van der Waals surface area contributed by atoms with Crippen LogP contribution < -0.4 is 5.32 Å². The van der Waals surface area contributed by atoms with Crippen LogP contribution in [0.4, 0.5) is 0 Å². The van der Waals surface area contributed by atoms with Crippen molar-refractivity contribution in [2.24, 2.45) is 0 Å². The van der Waals surface area contributed by atoms with Crippen molar-refractivity contribution in [3.05, 3.63) is 0 Å². The Kier molecular flexibility index (Phi) is 4.22. The average Bonchev–Trinajstić information content (AvgIpc) is 2.39. The lowest BCUT2D eigenvalue weighted by molar-refractivity contribution is -0.135. The summed E-state index contributed by atoms with van der Waals surface area (Å²) in [4.78, 5) is 2.62. The van der Waals surface area contributed by atoms with Crippen molar-refractivity contribution in [2.45, 2.75) is 63.0 Å². The zero-order valence-corrected chi connectivity index (χ0v) is 11.6. The van der Waals surface area contributed by atoms with Crippen LogP contribution in [0, 0.1) is 0 Å². The summed E-state index contributed by atoms with van der Waals surface area (Å²) in [6.07, 6.45) is 10.7. The van der Waals surface area contributed by atoms with E-state index in [1.165, 1.54) is 77.5 Å². The molecule has 1 unspecified atom stereocenters. The summed E-state index contributed by atoms with van der Waals surface area (Å²) in [5, 5.41) is 3.77. The zero-order valence-electron chi connectivity index (χ0n) is 11.6. The van der Waals surface area contributed by atoms with Crippen LogP contribution in [-0.2, 0) is 4.74 Å². The highest BCUT2D eigenvalue weighted by molar-refractivity contribution is 4.96. The van der Waals surface area contributed by atoms with Crippen molar-refractivity contribution >= 4 is 0 Å². The number of nitrogens with one attached hydrogen (secondary N) is 1. The number of ether oxygens (including phenoxy) is 1. The molecule has 3 nitrogen and oxygen atoms in total. The Labute approximate surface area is 111 Å². The Morgan fingerprint density at radius 3 is 2.67 bits per heavy atom. The molecule has 0 amide bonds. The molecule has 1 atom stereocenters. The van der Waals surface area contributed by atoms with Crippen LogP contribution in [0.5, 0.6) is 0 Å². The summed E-state index contributed by atoms with van der Waals surface area (Å²) in [6.45, 7) is 6.02. The highest BCUT2D eigenvalue weighted by Crippen LogP contribution is 2.42. The molecule has 0 aromatic heterocycles. The Hall–Kier alpha value is -0.120. The number of likely N-dealkylation sites (tertiary alicyclic amines) is 1. The fourth-order valence-electron chi connectivity index (χ4n) is 3.73.